The van der Waals surface area contributed by atoms with Crippen LogP contribution in [-0.4, -0.2) is 0 Å². The minimum Gasteiger partial charge on any atom is -0.271 e. The minimum atomic E-state index is -0.275. The van der Waals surface area contributed by atoms with Gasteiger partial charge in [0.05, 0.1) is 6.04 Å². The van der Waals surface area contributed by atoms with Crippen molar-refractivity contribution in [3.63, 3.8) is 0 Å². The Morgan fingerprint density at radius 2 is 2.05 bits per heavy atom. The molecule has 0 fully saturated rings. The molecule has 0 aliphatic heterocycles. The maximum absolute atomic E-state index is 13.8. The highest BCUT2D eigenvalue weighted by Crippen LogP contribution is 2.25. The molecule has 0 aromatic heterocycles. The number of halogens is 3. The Morgan fingerprint density at radius 1 is 1.30 bits per heavy atom. The number of nitrogens with two attached hydrogens (primary N) is 1. The van der Waals surface area contributed by atoms with Crippen LogP contribution in [0.3, 0.4) is 0 Å². The molecule has 2 rings (SSSR count). The van der Waals surface area contributed by atoms with E-state index in [9.17, 15) is 4.39 Å². The molecule has 1 unspecified atom stereocenters. The fourth-order valence-corrected chi connectivity index (χ4v) is 2.52. The van der Waals surface area contributed by atoms with E-state index in [4.69, 9.17) is 17.4 Å². The van der Waals surface area contributed by atoms with Crippen LogP contribution in [0.1, 0.15) is 22.7 Å². The van der Waals surface area contributed by atoms with Crippen LogP contribution in [0.15, 0.2) is 40.9 Å². The normalized spacial score (nSPS) is 12.4. The molecule has 2 aromatic carbocycles. The molecule has 20 heavy (non-hydrogen) atoms. The van der Waals surface area contributed by atoms with Crippen LogP contribution < -0.4 is 11.3 Å². The lowest BCUT2D eigenvalue weighted by atomic mass is 9.98. The summed E-state index contributed by atoms with van der Waals surface area (Å²) in [6.45, 7) is 2.00. The molecule has 0 aliphatic carbocycles. The van der Waals surface area contributed by atoms with Crippen molar-refractivity contribution in [3.8, 4) is 0 Å². The lowest BCUT2D eigenvalue weighted by molar-refractivity contribution is 0.529. The van der Waals surface area contributed by atoms with Crippen molar-refractivity contribution in [2.24, 2.45) is 5.84 Å². The van der Waals surface area contributed by atoms with Gasteiger partial charge >= 0.3 is 0 Å². The van der Waals surface area contributed by atoms with Crippen LogP contribution in [-0.2, 0) is 6.42 Å². The molecule has 2 aromatic rings. The van der Waals surface area contributed by atoms with Crippen LogP contribution in [0.2, 0.25) is 5.02 Å². The third-order valence-corrected chi connectivity index (χ3v) is 4.34. The number of hydrogen-bond donors (Lipinski definition) is 2. The molecule has 5 heteroatoms. The van der Waals surface area contributed by atoms with Gasteiger partial charge in [-0.25, -0.2) is 4.39 Å². The quantitative estimate of drug-likeness (QED) is 0.632. The van der Waals surface area contributed by atoms with Gasteiger partial charge in [-0.1, -0.05) is 39.7 Å². The number of hydrogen-bond acceptors (Lipinski definition) is 2. The van der Waals surface area contributed by atoms with Gasteiger partial charge in [0, 0.05) is 9.50 Å². The predicted molar refractivity (Wildman–Crippen MR) is 84.1 cm³/mol. The van der Waals surface area contributed by atoms with E-state index in [0.717, 1.165) is 15.6 Å². The predicted octanol–water partition coefficient (Wildman–Crippen LogP) is 4.30. The lowest BCUT2D eigenvalue weighted by Crippen LogP contribution is -2.29. The van der Waals surface area contributed by atoms with Crippen molar-refractivity contribution in [2.75, 3.05) is 0 Å². The second-order valence-electron chi connectivity index (χ2n) is 4.67. The second kappa shape index (κ2) is 6.68. The van der Waals surface area contributed by atoms with Gasteiger partial charge < -0.3 is 0 Å². The summed E-state index contributed by atoms with van der Waals surface area (Å²) in [6, 6.07) is 10.3. The minimum absolute atomic E-state index is 0.172. The Balaban J connectivity index is 2.28. The molecule has 0 amide bonds. The average Bonchev–Trinajstić information content (AvgIpc) is 2.43. The first-order chi connectivity index (χ1) is 9.51. The summed E-state index contributed by atoms with van der Waals surface area (Å²) in [5, 5.41) is 0.518. The van der Waals surface area contributed by atoms with Crippen molar-refractivity contribution in [3.05, 3.63) is 68.4 Å². The molecule has 0 saturated heterocycles. The van der Waals surface area contributed by atoms with E-state index < -0.39 is 0 Å². The van der Waals surface area contributed by atoms with Crippen molar-refractivity contribution in [1.82, 2.24) is 5.43 Å². The van der Waals surface area contributed by atoms with Crippen molar-refractivity contribution < 1.29 is 4.39 Å². The average molecular weight is 358 g/mol. The fourth-order valence-electron chi connectivity index (χ4n) is 2.08. The molecular formula is C15H15BrClFN2. The van der Waals surface area contributed by atoms with Gasteiger partial charge in [-0.15, -0.1) is 0 Å². The molecule has 106 valence electrons. The topological polar surface area (TPSA) is 38.0 Å². The smallest absolute Gasteiger partial charge is 0.126 e. The highest BCUT2D eigenvalue weighted by atomic mass is 79.9. The molecule has 2 nitrogen and oxygen atoms in total. The van der Waals surface area contributed by atoms with Crippen LogP contribution in [0.5, 0.6) is 0 Å². The monoisotopic (exact) mass is 356 g/mol. The first-order valence-corrected chi connectivity index (χ1v) is 7.34. The standard InChI is InChI=1S/C15H15BrClFN2/c1-9-6-10(2-4-13(9)16)15(20-19)8-11-7-12(17)3-5-14(11)18/h2-7,15,20H,8,19H2,1H3. The highest BCUT2D eigenvalue weighted by molar-refractivity contribution is 9.10. The molecule has 1 atom stereocenters. The van der Waals surface area contributed by atoms with Gasteiger partial charge in [0.1, 0.15) is 5.82 Å². The summed E-state index contributed by atoms with van der Waals surface area (Å²) in [5.74, 6) is 5.34. The zero-order chi connectivity index (χ0) is 14.7. The summed E-state index contributed by atoms with van der Waals surface area (Å²) >= 11 is 9.37. The number of hydrazine groups is 1. The summed E-state index contributed by atoms with van der Waals surface area (Å²) in [4.78, 5) is 0. The Bertz CT molecular complexity index is 619. The van der Waals surface area contributed by atoms with Gasteiger partial charge in [0.15, 0.2) is 0 Å². The molecule has 0 saturated carbocycles. The lowest BCUT2D eigenvalue weighted by Gasteiger charge is -2.18. The van der Waals surface area contributed by atoms with Crippen LogP contribution >= 0.6 is 27.5 Å². The Morgan fingerprint density at radius 3 is 2.70 bits per heavy atom. The maximum atomic E-state index is 13.8. The number of benzene rings is 2. The summed E-state index contributed by atoms with van der Waals surface area (Å²) in [6.07, 6.45) is 0.434. The van der Waals surface area contributed by atoms with E-state index >= 15 is 0 Å². The van der Waals surface area contributed by atoms with Gasteiger partial charge in [-0.05, 0) is 54.3 Å². The first kappa shape index (κ1) is 15.4. The highest BCUT2D eigenvalue weighted by Gasteiger charge is 2.14. The zero-order valence-electron chi connectivity index (χ0n) is 11.0. The Hall–Kier alpha value is -0.940. The van der Waals surface area contributed by atoms with E-state index in [2.05, 4.69) is 21.4 Å². The maximum Gasteiger partial charge on any atom is 0.126 e. The molecule has 3 N–H and O–H groups in total. The summed E-state index contributed by atoms with van der Waals surface area (Å²) < 4.78 is 14.8. The number of nitrogens with one attached hydrogen (secondary N) is 1. The molecular weight excluding hydrogens is 343 g/mol. The molecule has 0 heterocycles. The summed E-state index contributed by atoms with van der Waals surface area (Å²) in [5.41, 5.74) is 5.39. The molecule has 0 radical (unpaired) electrons. The van der Waals surface area contributed by atoms with Gasteiger partial charge in [-0.3, -0.25) is 11.3 Å². The van der Waals surface area contributed by atoms with Crippen LogP contribution in [0, 0.1) is 12.7 Å². The Labute approximate surface area is 131 Å². The first-order valence-electron chi connectivity index (χ1n) is 6.17. The van der Waals surface area contributed by atoms with E-state index in [1.54, 1.807) is 6.07 Å². The van der Waals surface area contributed by atoms with Crippen molar-refractivity contribution in [2.45, 2.75) is 19.4 Å². The molecule has 0 aliphatic rings. The number of aryl methyl sites for hydroxylation is 1. The molecule has 0 spiro atoms. The Kier molecular flexibility index (Phi) is 5.16. The summed E-state index contributed by atoms with van der Waals surface area (Å²) in [7, 11) is 0. The van der Waals surface area contributed by atoms with E-state index in [0.29, 0.717) is 17.0 Å². The van der Waals surface area contributed by atoms with Gasteiger partial charge in [0.25, 0.3) is 0 Å². The van der Waals surface area contributed by atoms with Gasteiger partial charge in [0.2, 0.25) is 0 Å². The van der Waals surface area contributed by atoms with Crippen molar-refractivity contribution in [1.29, 1.82) is 0 Å². The SMILES string of the molecule is Cc1cc(C(Cc2cc(Cl)ccc2F)NN)ccc1Br. The zero-order valence-corrected chi connectivity index (χ0v) is 13.3. The van der Waals surface area contributed by atoms with Crippen LogP contribution in [0.25, 0.3) is 0 Å². The molecule has 0 bridgehead atoms. The second-order valence-corrected chi connectivity index (χ2v) is 5.96. The number of rotatable bonds is 4. The van der Waals surface area contributed by atoms with Crippen molar-refractivity contribution >= 4 is 27.5 Å². The largest absolute Gasteiger partial charge is 0.271 e. The van der Waals surface area contributed by atoms with E-state index in [1.165, 1.54) is 12.1 Å². The van der Waals surface area contributed by atoms with Crippen LogP contribution in [0.4, 0.5) is 4.39 Å². The third kappa shape index (κ3) is 3.58. The third-order valence-electron chi connectivity index (χ3n) is 3.22. The van der Waals surface area contributed by atoms with Gasteiger partial charge in [-0.2, -0.15) is 0 Å². The van der Waals surface area contributed by atoms with E-state index in [-0.39, 0.29) is 11.9 Å². The fraction of sp³-hybridized carbons (Fsp3) is 0.200. The van der Waals surface area contributed by atoms with E-state index in [1.807, 2.05) is 25.1 Å².